The number of hydrogen-bond acceptors (Lipinski definition) is 7. The number of nitrogens with zero attached hydrogens (tertiary/aromatic N) is 6. The summed E-state index contributed by atoms with van der Waals surface area (Å²) in [5, 5.41) is 8.62. The van der Waals surface area contributed by atoms with E-state index in [0.717, 1.165) is 17.2 Å². The van der Waals surface area contributed by atoms with Crippen molar-refractivity contribution in [1.29, 1.82) is 0 Å². The van der Waals surface area contributed by atoms with E-state index < -0.39 is 17.5 Å². The smallest absolute Gasteiger partial charge is 0.259 e. The van der Waals surface area contributed by atoms with E-state index in [4.69, 9.17) is 14.2 Å². The first-order valence-corrected chi connectivity index (χ1v) is 13.3. The van der Waals surface area contributed by atoms with Crippen molar-refractivity contribution in [1.82, 2.24) is 29.6 Å². The van der Waals surface area contributed by atoms with Crippen molar-refractivity contribution in [2.45, 2.75) is 20.4 Å². The maximum Gasteiger partial charge on any atom is 0.259 e. The van der Waals surface area contributed by atoms with Crippen molar-refractivity contribution in [3.05, 3.63) is 88.7 Å². The number of piperazine rings is 1. The number of halogens is 3. The fourth-order valence-corrected chi connectivity index (χ4v) is 5.29. The van der Waals surface area contributed by atoms with Crippen LogP contribution >= 0.6 is 0 Å². The second-order valence-electron chi connectivity index (χ2n) is 10.2. The lowest BCUT2D eigenvalue weighted by Gasteiger charge is -2.34. The summed E-state index contributed by atoms with van der Waals surface area (Å²) in [5.41, 5.74) is 4.20. The highest BCUT2D eigenvalue weighted by Gasteiger charge is 2.28. The van der Waals surface area contributed by atoms with Gasteiger partial charge in [0.05, 0.1) is 36.0 Å². The lowest BCUT2D eigenvalue weighted by Crippen LogP contribution is -2.48. The number of aryl methyl sites for hydroxylation is 2. The number of benzene rings is 2. The van der Waals surface area contributed by atoms with Crippen LogP contribution in [0.25, 0.3) is 28.2 Å². The van der Waals surface area contributed by atoms with Crippen molar-refractivity contribution < 1.29 is 27.2 Å². The Morgan fingerprint density at radius 1 is 1.02 bits per heavy atom. The average molecular weight is 577 g/mol. The second-order valence-corrected chi connectivity index (χ2v) is 10.2. The van der Waals surface area contributed by atoms with Crippen molar-refractivity contribution in [3.8, 4) is 28.3 Å². The summed E-state index contributed by atoms with van der Waals surface area (Å²) < 4.78 is 53.8. The molecule has 0 unspecified atom stereocenters. The van der Waals surface area contributed by atoms with Crippen LogP contribution < -0.4 is 4.74 Å². The van der Waals surface area contributed by atoms with Gasteiger partial charge in [-0.25, -0.2) is 22.7 Å². The zero-order valence-corrected chi connectivity index (χ0v) is 23.2. The third-order valence-corrected chi connectivity index (χ3v) is 7.50. The van der Waals surface area contributed by atoms with E-state index in [0.29, 0.717) is 72.0 Å². The summed E-state index contributed by atoms with van der Waals surface area (Å²) in [6.07, 6.45) is 1.50. The number of hydrogen-bond donors (Lipinski definition) is 0. The van der Waals surface area contributed by atoms with Crippen molar-refractivity contribution in [2.75, 3.05) is 33.3 Å². The van der Waals surface area contributed by atoms with E-state index in [1.165, 1.54) is 6.20 Å². The molecule has 6 rings (SSSR count). The predicted molar refractivity (Wildman–Crippen MR) is 147 cm³/mol. The van der Waals surface area contributed by atoms with Crippen LogP contribution in [0.15, 0.2) is 53.2 Å². The minimum absolute atomic E-state index is 0.0346. The van der Waals surface area contributed by atoms with E-state index in [2.05, 4.69) is 10.3 Å². The van der Waals surface area contributed by atoms with Gasteiger partial charge in [-0.15, -0.1) is 0 Å². The van der Waals surface area contributed by atoms with Crippen LogP contribution in [0, 0.1) is 31.3 Å². The summed E-state index contributed by atoms with van der Waals surface area (Å²) in [6, 6.07) is 10.9. The predicted octanol–water partition coefficient (Wildman–Crippen LogP) is 5.05. The largest absolute Gasteiger partial charge is 0.497 e. The van der Waals surface area contributed by atoms with Gasteiger partial charge in [-0.2, -0.15) is 5.10 Å². The number of rotatable bonds is 6. The highest BCUT2D eigenvalue weighted by molar-refractivity contribution is 6.00. The number of carbonyl (C=O) groups is 1. The van der Waals surface area contributed by atoms with Gasteiger partial charge in [0, 0.05) is 49.9 Å². The third kappa shape index (κ3) is 4.98. The van der Waals surface area contributed by atoms with Gasteiger partial charge in [-0.1, -0.05) is 5.16 Å². The molecule has 0 radical (unpaired) electrons. The Labute approximate surface area is 239 Å². The third-order valence-electron chi connectivity index (χ3n) is 7.50. The molecule has 0 spiro atoms. The summed E-state index contributed by atoms with van der Waals surface area (Å²) >= 11 is 0. The molecule has 2 aromatic carbocycles. The zero-order chi connectivity index (χ0) is 29.5. The molecule has 0 aliphatic carbocycles. The van der Waals surface area contributed by atoms with Gasteiger partial charge in [0.25, 0.3) is 5.91 Å². The normalized spacial score (nSPS) is 14.1. The number of aromatic nitrogens is 4. The van der Waals surface area contributed by atoms with Gasteiger partial charge in [0.1, 0.15) is 22.9 Å². The average Bonchev–Trinajstić information content (AvgIpc) is 3.57. The van der Waals surface area contributed by atoms with Crippen molar-refractivity contribution >= 4 is 11.6 Å². The molecule has 1 aliphatic heterocycles. The van der Waals surface area contributed by atoms with Crippen LogP contribution in [-0.4, -0.2) is 68.8 Å². The van der Waals surface area contributed by atoms with E-state index in [1.807, 2.05) is 49.1 Å². The number of ether oxygens (including phenoxy) is 1. The summed E-state index contributed by atoms with van der Waals surface area (Å²) in [6.45, 7) is 5.16. The Hall–Kier alpha value is -4.71. The van der Waals surface area contributed by atoms with Crippen molar-refractivity contribution in [2.24, 2.45) is 0 Å². The van der Waals surface area contributed by atoms with E-state index in [9.17, 15) is 18.0 Å². The minimum atomic E-state index is -1.22. The second kappa shape index (κ2) is 10.9. The topological polar surface area (TPSA) is 89.0 Å². The van der Waals surface area contributed by atoms with Crippen LogP contribution in [0.3, 0.4) is 0 Å². The van der Waals surface area contributed by atoms with Gasteiger partial charge < -0.3 is 14.2 Å². The van der Waals surface area contributed by atoms with Crippen LogP contribution in [0.4, 0.5) is 13.2 Å². The fraction of sp³-hybridized carbons (Fsp3) is 0.267. The standard InChI is InChI=1S/C30H27F3N6O3/c1-17-27(18(2)42-36-17)26-14-25(19-4-6-22(41-3)7-5-19)35-29-23(15-34-39(26)29)30(40)38-10-8-37(9-11-38)16-20-12-21(31)13-24(32)28(20)33/h4-7,12-15H,8-11,16H2,1-3H3. The number of amides is 1. The van der Waals surface area contributed by atoms with Gasteiger partial charge in [0.2, 0.25) is 0 Å². The SMILES string of the molecule is COc1ccc(-c2cc(-c3c(C)noc3C)n3ncc(C(=O)N4CCN(Cc5cc(F)cc(F)c5F)CC4)c3n2)cc1. The van der Waals surface area contributed by atoms with Gasteiger partial charge in [0.15, 0.2) is 17.3 Å². The van der Waals surface area contributed by atoms with Crippen LogP contribution in [0.2, 0.25) is 0 Å². The Morgan fingerprint density at radius 2 is 1.76 bits per heavy atom. The molecular formula is C30H27F3N6O3. The Morgan fingerprint density at radius 3 is 2.43 bits per heavy atom. The number of carbonyl (C=O) groups excluding carboxylic acids is 1. The first-order valence-electron chi connectivity index (χ1n) is 13.3. The molecule has 5 aromatic rings. The Kier molecular flexibility index (Phi) is 7.15. The lowest BCUT2D eigenvalue weighted by atomic mass is 10.1. The van der Waals surface area contributed by atoms with Gasteiger partial charge in [-0.05, 0) is 50.2 Å². The maximum absolute atomic E-state index is 14.2. The molecule has 1 saturated heterocycles. The molecule has 1 aliphatic rings. The molecule has 12 heteroatoms. The molecule has 4 heterocycles. The zero-order valence-electron chi connectivity index (χ0n) is 23.2. The molecule has 0 saturated carbocycles. The van der Waals surface area contributed by atoms with Crippen LogP contribution in [0.5, 0.6) is 5.75 Å². The highest BCUT2D eigenvalue weighted by Crippen LogP contribution is 2.32. The van der Waals surface area contributed by atoms with Gasteiger partial charge in [-0.3, -0.25) is 9.69 Å². The Balaban J connectivity index is 1.31. The maximum atomic E-state index is 14.2. The molecule has 0 atom stereocenters. The van der Waals surface area contributed by atoms with E-state index in [1.54, 1.807) is 16.5 Å². The summed E-state index contributed by atoms with van der Waals surface area (Å²) in [5.74, 6) is -2.05. The van der Waals surface area contributed by atoms with Crippen molar-refractivity contribution in [3.63, 3.8) is 0 Å². The molecule has 3 aromatic heterocycles. The van der Waals surface area contributed by atoms with Crippen LogP contribution in [-0.2, 0) is 6.54 Å². The quantitative estimate of drug-likeness (QED) is 0.261. The highest BCUT2D eigenvalue weighted by atomic mass is 19.2. The molecule has 42 heavy (non-hydrogen) atoms. The molecule has 9 nitrogen and oxygen atoms in total. The molecule has 0 bridgehead atoms. The summed E-state index contributed by atoms with van der Waals surface area (Å²) in [7, 11) is 1.60. The molecule has 0 N–H and O–H groups in total. The number of fused-ring (bicyclic) bond motifs is 1. The Bertz CT molecular complexity index is 1770. The molecule has 216 valence electrons. The van der Waals surface area contributed by atoms with Crippen LogP contribution in [0.1, 0.15) is 27.4 Å². The van der Waals surface area contributed by atoms with Gasteiger partial charge >= 0.3 is 0 Å². The molecule has 1 fully saturated rings. The minimum Gasteiger partial charge on any atom is -0.497 e. The fourth-order valence-electron chi connectivity index (χ4n) is 5.29. The monoisotopic (exact) mass is 576 g/mol. The molecular weight excluding hydrogens is 549 g/mol. The summed E-state index contributed by atoms with van der Waals surface area (Å²) in [4.78, 5) is 22.1. The first-order chi connectivity index (χ1) is 20.2. The number of methoxy groups -OCH3 is 1. The first kappa shape index (κ1) is 27.5. The van der Waals surface area contributed by atoms with E-state index in [-0.39, 0.29) is 18.0 Å². The van der Waals surface area contributed by atoms with E-state index >= 15 is 0 Å². The molecule has 1 amide bonds. The lowest BCUT2D eigenvalue weighted by molar-refractivity contribution is 0.0628.